The molecule has 0 spiro atoms. The molecule has 1 heterocycles. The van der Waals surface area contributed by atoms with Gasteiger partial charge in [-0.3, -0.25) is 9.80 Å². The van der Waals surface area contributed by atoms with E-state index in [0.717, 1.165) is 0 Å². The monoisotopic (exact) mass is 200 g/mol. The fraction of sp³-hybridized carbons (Fsp3) is 0.900. The first kappa shape index (κ1) is 11.5. The van der Waals surface area contributed by atoms with Crippen molar-refractivity contribution in [2.75, 3.05) is 20.2 Å². The van der Waals surface area contributed by atoms with E-state index in [1.54, 1.807) is 5.01 Å². The van der Waals surface area contributed by atoms with Crippen molar-refractivity contribution in [3.63, 3.8) is 0 Å². The van der Waals surface area contributed by atoms with Crippen molar-refractivity contribution < 1.29 is 9.90 Å². The minimum Gasteiger partial charge on any atom is -0.396 e. The molecule has 0 aliphatic carbocycles. The summed E-state index contributed by atoms with van der Waals surface area (Å²) in [5, 5.41) is 12.8. The third-order valence-corrected chi connectivity index (χ3v) is 2.78. The van der Waals surface area contributed by atoms with Crippen molar-refractivity contribution in [2.24, 2.45) is 5.41 Å². The average Bonchev–Trinajstić information content (AvgIpc) is 2.32. The average molecular weight is 200 g/mol. The van der Waals surface area contributed by atoms with Crippen LogP contribution in [0.1, 0.15) is 27.2 Å². The lowest BCUT2D eigenvalue weighted by Gasteiger charge is -2.33. The van der Waals surface area contributed by atoms with Crippen LogP contribution in [0.15, 0.2) is 0 Å². The van der Waals surface area contributed by atoms with Gasteiger partial charge in [0.25, 0.3) is 0 Å². The maximum atomic E-state index is 11.6. The van der Waals surface area contributed by atoms with Gasteiger partial charge in [-0.05, 0) is 6.92 Å². The molecule has 14 heavy (non-hydrogen) atoms. The predicted molar refractivity (Wildman–Crippen MR) is 54.4 cm³/mol. The molecule has 1 rings (SSSR count). The van der Waals surface area contributed by atoms with Crippen molar-refractivity contribution in [2.45, 2.75) is 33.2 Å². The number of aliphatic hydroxyl groups excluding tert-OH is 1. The summed E-state index contributed by atoms with van der Waals surface area (Å²) >= 11 is 0. The Morgan fingerprint density at radius 3 is 2.50 bits per heavy atom. The van der Waals surface area contributed by atoms with E-state index in [1.165, 1.54) is 0 Å². The molecule has 1 amide bonds. The van der Waals surface area contributed by atoms with Crippen molar-refractivity contribution in [1.82, 2.24) is 10.0 Å². The lowest BCUT2D eigenvalue weighted by atomic mass is 9.95. The molecule has 0 aromatic heterocycles. The summed E-state index contributed by atoms with van der Waals surface area (Å²) in [5.74, 6) is 0.154. The summed E-state index contributed by atoms with van der Waals surface area (Å²) in [6.45, 7) is 6.63. The molecule has 1 unspecified atom stereocenters. The van der Waals surface area contributed by atoms with Gasteiger partial charge in [-0.15, -0.1) is 0 Å². The zero-order valence-electron chi connectivity index (χ0n) is 9.45. The molecular weight excluding hydrogens is 180 g/mol. The van der Waals surface area contributed by atoms with E-state index in [4.69, 9.17) is 5.11 Å². The smallest absolute Gasteiger partial charge is 0.238 e. The zero-order chi connectivity index (χ0) is 10.9. The van der Waals surface area contributed by atoms with Gasteiger partial charge in [0, 0.05) is 38.1 Å². The fourth-order valence-electron chi connectivity index (χ4n) is 1.56. The van der Waals surface area contributed by atoms with E-state index in [-0.39, 0.29) is 24.0 Å². The van der Waals surface area contributed by atoms with Gasteiger partial charge >= 0.3 is 0 Å². The van der Waals surface area contributed by atoms with Crippen LogP contribution in [0.5, 0.6) is 0 Å². The molecule has 0 aromatic rings. The Hall–Kier alpha value is -0.610. The van der Waals surface area contributed by atoms with Crippen LogP contribution in [-0.2, 0) is 4.79 Å². The number of hydrogen-bond donors (Lipinski definition) is 1. The Morgan fingerprint density at radius 1 is 1.57 bits per heavy atom. The minimum atomic E-state index is -0.228. The second-order valence-corrected chi connectivity index (χ2v) is 4.90. The Morgan fingerprint density at radius 2 is 2.14 bits per heavy atom. The lowest BCUT2D eigenvalue weighted by Crippen LogP contribution is -2.45. The number of amides is 1. The van der Waals surface area contributed by atoms with Crippen LogP contribution in [0, 0.1) is 5.41 Å². The fourth-order valence-corrected chi connectivity index (χ4v) is 1.56. The molecule has 0 bridgehead atoms. The number of hydrogen-bond acceptors (Lipinski definition) is 3. The van der Waals surface area contributed by atoms with E-state index < -0.39 is 0 Å². The summed E-state index contributed by atoms with van der Waals surface area (Å²) in [6.07, 6.45) is 0.581. The SMILES string of the molecule is CC1CC(=O)N(CC(C)(C)CO)N1C. The molecule has 82 valence electrons. The normalized spacial score (nSPS) is 24.8. The van der Waals surface area contributed by atoms with E-state index in [0.29, 0.717) is 13.0 Å². The largest absolute Gasteiger partial charge is 0.396 e. The standard InChI is InChI=1S/C10H20N2O2/c1-8-5-9(14)12(11(8)4)6-10(2,3)7-13/h8,13H,5-7H2,1-4H3. The summed E-state index contributed by atoms with van der Waals surface area (Å²) in [4.78, 5) is 11.6. The molecule has 1 saturated heterocycles. The molecule has 1 aliphatic heterocycles. The Labute approximate surface area is 85.5 Å². The van der Waals surface area contributed by atoms with Gasteiger partial charge in [0.05, 0.1) is 0 Å². The van der Waals surface area contributed by atoms with Gasteiger partial charge in [-0.2, -0.15) is 0 Å². The van der Waals surface area contributed by atoms with Crippen molar-refractivity contribution in [3.8, 4) is 0 Å². The summed E-state index contributed by atoms with van der Waals surface area (Å²) in [6, 6.07) is 0.275. The zero-order valence-corrected chi connectivity index (χ0v) is 9.45. The first-order valence-corrected chi connectivity index (χ1v) is 5.01. The molecule has 1 atom stereocenters. The summed E-state index contributed by atoms with van der Waals surface area (Å²) in [7, 11) is 1.92. The number of carbonyl (C=O) groups is 1. The van der Waals surface area contributed by atoms with Gasteiger partial charge in [0.2, 0.25) is 5.91 Å². The van der Waals surface area contributed by atoms with E-state index >= 15 is 0 Å². The lowest BCUT2D eigenvalue weighted by molar-refractivity contribution is -0.140. The van der Waals surface area contributed by atoms with Crippen LogP contribution in [0.4, 0.5) is 0 Å². The molecule has 4 nitrogen and oxygen atoms in total. The first-order chi connectivity index (χ1) is 6.37. The van der Waals surface area contributed by atoms with Crippen LogP contribution in [0.2, 0.25) is 0 Å². The Balaban J connectivity index is 2.65. The highest BCUT2D eigenvalue weighted by atomic mass is 16.3. The van der Waals surface area contributed by atoms with Crippen molar-refractivity contribution >= 4 is 5.91 Å². The number of nitrogens with zero attached hydrogens (tertiary/aromatic N) is 2. The second-order valence-electron chi connectivity index (χ2n) is 4.90. The van der Waals surface area contributed by atoms with Crippen molar-refractivity contribution in [3.05, 3.63) is 0 Å². The van der Waals surface area contributed by atoms with E-state index in [2.05, 4.69) is 0 Å². The molecular formula is C10H20N2O2. The molecule has 1 N–H and O–H groups in total. The molecule has 0 radical (unpaired) electrons. The maximum Gasteiger partial charge on any atom is 0.238 e. The topological polar surface area (TPSA) is 43.8 Å². The van der Waals surface area contributed by atoms with Gasteiger partial charge in [-0.1, -0.05) is 13.8 Å². The first-order valence-electron chi connectivity index (χ1n) is 5.01. The third kappa shape index (κ3) is 2.25. The highest BCUT2D eigenvalue weighted by Gasteiger charge is 2.35. The summed E-state index contributed by atoms with van der Waals surface area (Å²) < 4.78 is 0. The van der Waals surface area contributed by atoms with E-state index in [1.807, 2.05) is 32.8 Å². The van der Waals surface area contributed by atoms with Crippen LogP contribution in [-0.4, -0.2) is 47.3 Å². The molecule has 1 fully saturated rings. The van der Waals surface area contributed by atoms with E-state index in [9.17, 15) is 4.79 Å². The summed E-state index contributed by atoms with van der Waals surface area (Å²) in [5.41, 5.74) is -0.228. The predicted octanol–water partition coefficient (Wildman–Crippen LogP) is 0.472. The molecule has 1 aliphatic rings. The third-order valence-electron chi connectivity index (χ3n) is 2.78. The number of hydrazine groups is 1. The van der Waals surface area contributed by atoms with Crippen LogP contribution >= 0.6 is 0 Å². The second kappa shape index (κ2) is 3.87. The molecule has 4 heteroatoms. The highest BCUT2D eigenvalue weighted by molar-refractivity contribution is 5.78. The highest BCUT2D eigenvalue weighted by Crippen LogP contribution is 2.23. The van der Waals surface area contributed by atoms with Gasteiger partial charge in [-0.25, -0.2) is 5.01 Å². The van der Waals surface area contributed by atoms with Gasteiger partial charge < -0.3 is 5.11 Å². The quantitative estimate of drug-likeness (QED) is 0.720. The maximum absolute atomic E-state index is 11.6. The van der Waals surface area contributed by atoms with Crippen LogP contribution in [0.3, 0.4) is 0 Å². The Bertz CT molecular complexity index is 228. The van der Waals surface area contributed by atoms with Crippen LogP contribution in [0.25, 0.3) is 0 Å². The number of aliphatic hydroxyl groups is 1. The van der Waals surface area contributed by atoms with Crippen LogP contribution < -0.4 is 0 Å². The molecule has 0 saturated carbocycles. The van der Waals surface area contributed by atoms with Crippen molar-refractivity contribution in [1.29, 1.82) is 0 Å². The number of rotatable bonds is 3. The van der Waals surface area contributed by atoms with Gasteiger partial charge in [0.15, 0.2) is 0 Å². The minimum absolute atomic E-state index is 0.0962. The Kier molecular flexibility index (Phi) is 3.17. The van der Waals surface area contributed by atoms with Gasteiger partial charge in [0.1, 0.15) is 0 Å². The molecule has 0 aromatic carbocycles. The number of carbonyl (C=O) groups excluding carboxylic acids is 1.